The Morgan fingerprint density at radius 1 is 1.38 bits per heavy atom. The van der Waals surface area contributed by atoms with Gasteiger partial charge in [-0.05, 0) is 44.2 Å². The molecule has 1 heterocycles. The third-order valence-corrected chi connectivity index (χ3v) is 4.44. The van der Waals surface area contributed by atoms with Crippen LogP contribution in [-0.2, 0) is 6.42 Å². The normalized spacial score (nSPS) is 17.8. The zero-order valence-electron chi connectivity index (χ0n) is 12.3. The van der Waals surface area contributed by atoms with Gasteiger partial charge in [-0.25, -0.2) is 0 Å². The minimum atomic E-state index is -0.0957. The van der Waals surface area contributed by atoms with E-state index in [1.54, 1.807) is 10.9 Å². The van der Waals surface area contributed by atoms with E-state index in [-0.39, 0.29) is 17.7 Å². The lowest BCUT2D eigenvalue weighted by Gasteiger charge is -2.25. The van der Waals surface area contributed by atoms with E-state index in [2.05, 4.69) is 17.2 Å². The van der Waals surface area contributed by atoms with E-state index in [0.29, 0.717) is 10.7 Å². The number of carbonyl (C=O) groups is 1. The maximum Gasteiger partial charge on any atom is 0.189 e. The minimum absolute atomic E-state index is 0.0957. The number of halogens is 1. The summed E-state index contributed by atoms with van der Waals surface area (Å²) >= 11 is 6.23. The molecule has 110 valence electrons. The number of benzene rings is 1. The molecule has 0 amide bonds. The maximum absolute atomic E-state index is 13.0. The average molecular weight is 303 g/mol. The van der Waals surface area contributed by atoms with Crippen LogP contribution < -0.4 is 0 Å². The molecule has 3 rings (SSSR count). The Bertz CT molecular complexity index is 675. The van der Waals surface area contributed by atoms with Crippen LogP contribution in [0.1, 0.15) is 60.3 Å². The smallest absolute Gasteiger partial charge is 0.189 e. The number of hydrogen-bond donors (Lipinski definition) is 0. The SMILES string of the molecule is CC(C)n1ncc(Cl)c1C(=O)C1CCCc2ccccc21. The summed E-state index contributed by atoms with van der Waals surface area (Å²) in [7, 11) is 0. The standard InChI is InChI=1S/C17H19ClN2O/c1-11(2)20-16(15(18)10-19-20)17(21)14-9-5-7-12-6-3-4-8-13(12)14/h3-4,6,8,10-11,14H,5,7,9H2,1-2H3. The van der Waals surface area contributed by atoms with Crippen molar-refractivity contribution in [3.8, 4) is 0 Å². The van der Waals surface area contributed by atoms with Gasteiger partial charge in [0.15, 0.2) is 5.78 Å². The maximum atomic E-state index is 13.0. The zero-order valence-corrected chi connectivity index (χ0v) is 13.1. The van der Waals surface area contributed by atoms with E-state index in [1.807, 2.05) is 26.0 Å². The molecule has 0 N–H and O–H groups in total. The van der Waals surface area contributed by atoms with Gasteiger partial charge in [-0.15, -0.1) is 0 Å². The van der Waals surface area contributed by atoms with Crippen LogP contribution in [0.3, 0.4) is 0 Å². The molecule has 0 saturated heterocycles. The Hall–Kier alpha value is -1.61. The summed E-state index contributed by atoms with van der Waals surface area (Å²) in [5, 5.41) is 4.71. The molecular weight excluding hydrogens is 284 g/mol. The second kappa shape index (κ2) is 5.64. The second-order valence-electron chi connectivity index (χ2n) is 5.89. The molecule has 1 unspecified atom stereocenters. The highest BCUT2D eigenvalue weighted by atomic mass is 35.5. The summed E-state index contributed by atoms with van der Waals surface area (Å²) in [6.07, 6.45) is 4.55. The highest BCUT2D eigenvalue weighted by Gasteiger charge is 2.31. The molecule has 0 spiro atoms. The third-order valence-electron chi connectivity index (χ3n) is 4.16. The van der Waals surface area contributed by atoms with Gasteiger partial charge in [-0.1, -0.05) is 35.9 Å². The van der Waals surface area contributed by atoms with Gasteiger partial charge in [0.2, 0.25) is 0 Å². The first-order valence-corrected chi connectivity index (χ1v) is 7.82. The lowest BCUT2D eigenvalue weighted by atomic mass is 9.80. The fraction of sp³-hybridized carbons (Fsp3) is 0.412. The second-order valence-corrected chi connectivity index (χ2v) is 6.29. The number of ketones is 1. The molecule has 21 heavy (non-hydrogen) atoms. The first-order chi connectivity index (χ1) is 10.1. The number of fused-ring (bicyclic) bond motifs is 1. The fourth-order valence-electron chi connectivity index (χ4n) is 3.15. The van der Waals surface area contributed by atoms with Crippen LogP contribution in [0, 0.1) is 0 Å². The zero-order chi connectivity index (χ0) is 15.0. The van der Waals surface area contributed by atoms with E-state index in [4.69, 9.17) is 11.6 Å². The number of nitrogens with zero attached hydrogens (tertiary/aromatic N) is 2. The number of rotatable bonds is 3. The number of Topliss-reactive ketones (excluding diaryl/α,β-unsaturated/α-hetero) is 1. The van der Waals surface area contributed by atoms with Crippen molar-refractivity contribution in [1.82, 2.24) is 9.78 Å². The van der Waals surface area contributed by atoms with Gasteiger partial charge < -0.3 is 0 Å². The topological polar surface area (TPSA) is 34.9 Å². The number of aromatic nitrogens is 2. The van der Waals surface area contributed by atoms with Crippen molar-refractivity contribution < 1.29 is 4.79 Å². The molecule has 1 aliphatic carbocycles. The molecule has 2 aromatic rings. The van der Waals surface area contributed by atoms with Crippen LogP contribution in [0.5, 0.6) is 0 Å². The van der Waals surface area contributed by atoms with Crippen LogP contribution in [0.4, 0.5) is 0 Å². The van der Waals surface area contributed by atoms with Crippen molar-refractivity contribution in [3.05, 3.63) is 52.3 Å². The van der Waals surface area contributed by atoms with Crippen molar-refractivity contribution in [1.29, 1.82) is 0 Å². The quantitative estimate of drug-likeness (QED) is 0.787. The van der Waals surface area contributed by atoms with E-state index in [9.17, 15) is 4.79 Å². The Morgan fingerprint density at radius 3 is 2.90 bits per heavy atom. The van der Waals surface area contributed by atoms with E-state index >= 15 is 0 Å². The average Bonchev–Trinajstić information content (AvgIpc) is 2.88. The van der Waals surface area contributed by atoms with Crippen LogP contribution in [-0.4, -0.2) is 15.6 Å². The fourth-order valence-corrected chi connectivity index (χ4v) is 3.38. The Balaban J connectivity index is 2.03. The van der Waals surface area contributed by atoms with Gasteiger partial charge in [0.1, 0.15) is 5.69 Å². The third kappa shape index (κ3) is 2.51. The molecule has 0 aliphatic heterocycles. The molecule has 3 nitrogen and oxygen atoms in total. The van der Waals surface area contributed by atoms with Gasteiger partial charge in [-0.3, -0.25) is 9.48 Å². The van der Waals surface area contributed by atoms with Gasteiger partial charge >= 0.3 is 0 Å². The summed E-state index contributed by atoms with van der Waals surface area (Å²) in [5.74, 6) is -0.000000000000000444. The molecule has 1 atom stereocenters. The lowest BCUT2D eigenvalue weighted by molar-refractivity contribution is 0.0938. The van der Waals surface area contributed by atoms with E-state index in [1.165, 1.54) is 5.56 Å². The van der Waals surface area contributed by atoms with Gasteiger partial charge in [0.05, 0.1) is 11.2 Å². The van der Waals surface area contributed by atoms with E-state index in [0.717, 1.165) is 24.8 Å². The molecule has 0 radical (unpaired) electrons. The highest BCUT2D eigenvalue weighted by molar-refractivity contribution is 6.33. The summed E-state index contributed by atoms with van der Waals surface area (Å²) in [4.78, 5) is 13.0. The van der Waals surface area contributed by atoms with Crippen molar-refractivity contribution in [3.63, 3.8) is 0 Å². The summed E-state index contributed by atoms with van der Waals surface area (Å²) < 4.78 is 1.74. The summed E-state index contributed by atoms with van der Waals surface area (Å²) in [5.41, 5.74) is 2.99. The van der Waals surface area contributed by atoms with Crippen molar-refractivity contribution in [2.24, 2.45) is 0 Å². The predicted octanol–water partition coefficient (Wildman–Crippen LogP) is 4.42. The predicted molar refractivity (Wildman–Crippen MR) is 84.1 cm³/mol. The highest BCUT2D eigenvalue weighted by Crippen LogP contribution is 2.35. The molecule has 0 bridgehead atoms. The van der Waals surface area contributed by atoms with Crippen molar-refractivity contribution in [2.45, 2.75) is 45.1 Å². The molecule has 1 aromatic carbocycles. The van der Waals surface area contributed by atoms with Crippen LogP contribution in [0.2, 0.25) is 5.02 Å². The van der Waals surface area contributed by atoms with Gasteiger partial charge in [-0.2, -0.15) is 5.10 Å². The monoisotopic (exact) mass is 302 g/mol. The van der Waals surface area contributed by atoms with Crippen LogP contribution in [0.25, 0.3) is 0 Å². The van der Waals surface area contributed by atoms with Gasteiger partial charge in [0, 0.05) is 12.0 Å². The van der Waals surface area contributed by atoms with Gasteiger partial charge in [0.25, 0.3) is 0 Å². The van der Waals surface area contributed by atoms with Crippen LogP contribution >= 0.6 is 11.6 Å². The minimum Gasteiger partial charge on any atom is -0.292 e. The summed E-state index contributed by atoms with van der Waals surface area (Å²) in [6.45, 7) is 4.02. The number of carbonyl (C=O) groups excluding carboxylic acids is 1. The molecule has 4 heteroatoms. The van der Waals surface area contributed by atoms with Crippen molar-refractivity contribution in [2.75, 3.05) is 0 Å². The largest absolute Gasteiger partial charge is 0.292 e. The van der Waals surface area contributed by atoms with Crippen LogP contribution in [0.15, 0.2) is 30.5 Å². The van der Waals surface area contributed by atoms with E-state index < -0.39 is 0 Å². The molecule has 1 aliphatic rings. The summed E-state index contributed by atoms with van der Waals surface area (Å²) in [6, 6.07) is 8.36. The molecule has 0 saturated carbocycles. The first-order valence-electron chi connectivity index (χ1n) is 7.44. The first kappa shape index (κ1) is 14.3. The Kier molecular flexibility index (Phi) is 3.85. The number of aryl methyl sites for hydroxylation is 1. The Labute approximate surface area is 129 Å². The lowest BCUT2D eigenvalue weighted by Crippen LogP contribution is -2.22. The van der Waals surface area contributed by atoms with Crippen molar-refractivity contribution >= 4 is 17.4 Å². The molecular formula is C17H19ClN2O. The number of hydrogen-bond acceptors (Lipinski definition) is 2. The molecule has 0 fully saturated rings. The molecule has 1 aromatic heterocycles. The Morgan fingerprint density at radius 2 is 2.14 bits per heavy atom.